The third-order valence-corrected chi connectivity index (χ3v) is 6.10. The summed E-state index contributed by atoms with van der Waals surface area (Å²) in [5.41, 5.74) is 1.15. The maximum absolute atomic E-state index is 12.9. The molecule has 0 aliphatic carbocycles. The fourth-order valence-electron chi connectivity index (χ4n) is 4.48. The molecule has 1 amide bonds. The molecule has 2 nitrogen and oxygen atoms in total. The molecule has 0 aromatic heterocycles. The van der Waals surface area contributed by atoms with Crippen molar-refractivity contribution < 1.29 is 4.79 Å². The number of benzene rings is 4. The van der Waals surface area contributed by atoms with Crippen LogP contribution >= 0.6 is 0 Å². The summed E-state index contributed by atoms with van der Waals surface area (Å²) in [6.07, 6.45) is 2.76. The van der Waals surface area contributed by atoms with Crippen molar-refractivity contribution in [3.8, 4) is 0 Å². The van der Waals surface area contributed by atoms with Gasteiger partial charge in [0.15, 0.2) is 0 Å². The highest BCUT2D eigenvalue weighted by molar-refractivity contribution is 6.23. The van der Waals surface area contributed by atoms with Crippen molar-refractivity contribution >= 4 is 38.2 Å². The van der Waals surface area contributed by atoms with Crippen LogP contribution in [0.25, 0.3) is 32.3 Å². The number of piperidine rings is 1. The Morgan fingerprint density at radius 1 is 0.885 bits per heavy atom. The Kier molecular flexibility index (Phi) is 3.59. The molecule has 4 aromatic rings. The van der Waals surface area contributed by atoms with Crippen LogP contribution in [-0.4, -0.2) is 23.9 Å². The molecule has 5 rings (SSSR count). The van der Waals surface area contributed by atoms with Crippen molar-refractivity contribution in [2.24, 2.45) is 5.92 Å². The van der Waals surface area contributed by atoms with E-state index in [1.807, 2.05) is 0 Å². The second kappa shape index (κ2) is 5.98. The summed E-state index contributed by atoms with van der Waals surface area (Å²) in [4.78, 5) is 14.9. The first-order valence-electron chi connectivity index (χ1n) is 9.64. The Morgan fingerprint density at radius 2 is 1.50 bits per heavy atom. The number of amides is 1. The lowest BCUT2D eigenvalue weighted by molar-refractivity contribution is -0.131. The maximum Gasteiger partial charge on any atom is 0.227 e. The molecule has 0 radical (unpaired) electrons. The van der Waals surface area contributed by atoms with Crippen LogP contribution < -0.4 is 0 Å². The van der Waals surface area contributed by atoms with Crippen LogP contribution in [0.5, 0.6) is 0 Å². The van der Waals surface area contributed by atoms with E-state index in [0.29, 0.717) is 6.42 Å². The fraction of sp³-hybridized carbons (Fsp3) is 0.292. The molecule has 1 saturated heterocycles. The highest BCUT2D eigenvalue weighted by Crippen LogP contribution is 2.36. The molecule has 2 heteroatoms. The average Bonchev–Trinajstić information content (AvgIpc) is 2.67. The van der Waals surface area contributed by atoms with E-state index < -0.39 is 0 Å². The number of carbonyl (C=O) groups is 1. The van der Waals surface area contributed by atoms with E-state index in [2.05, 4.69) is 66.4 Å². The first-order chi connectivity index (χ1) is 12.7. The lowest BCUT2D eigenvalue weighted by Crippen LogP contribution is -2.38. The summed E-state index contributed by atoms with van der Waals surface area (Å²) in [6, 6.07) is 19.6. The Hall–Kier alpha value is -2.61. The van der Waals surface area contributed by atoms with Gasteiger partial charge in [-0.1, -0.05) is 61.5 Å². The van der Waals surface area contributed by atoms with Gasteiger partial charge < -0.3 is 4.90 Å². The molecule has 1 aliphatic heterocycles. The minimum atomic E-state index is 0.270. The zero-order chi connectivity index (χ0) is 17.7. The second-order valence-electron chi connectivity index (χ2n) is 7.82. The molecular weight excluding hydrogens is 318 g/mol. The van der Waals surface area contributed by atoms with E-state index in [1.54, 1.807) is 0 Å². The van der Waals surface area contributed by atoms with E-state index >= 15 is 0 Å². The van der Waals surface area contributed by atoms with Gasteiger partial charge in [-0.2, -0.15) is 0 Å². The third kappa shape index (κ3) is 2.44. The number of hydrogen-bond donors (Lipinski definition) is 0. The minimum Gasteiger partial charge on any atom is -0.342 e. The Labute approximate surface area is 153 Å². The molecule has 0 unspecified atom stereocenters. The Morgan fingerprint density at radius 3 is 2.23 bits per heavy atom. The minimum absolute atomic E-state index is 0.270. The van der Waals surface area contributed by atoms with Crippen molar-refractivity contribution in [2.75, 3.05) is 13.1 Å². The fourth-order valence-corrected chi connectivity index (χ4v) is 4.48. The van der Waals surface area contributed by atoms with Gasteiger partial charge in [-0.3, -0.25) is 4.79 Å². The van der Waals surface area contributed by atoms with Crippen LogP contribution in [0.1, 0.15) is 25.3 Å². The number of carbonyl (C=O) groups excluding carboxylic acids is 1. The van der Waals surface area contributed by atoms with E-state index in [-0.39, 0.29) is 5.91 Å². The van der Waals surface area contributed by atoms with Gasteiger partial charge in [0, 0.05) is 13.1 Å². The largest absolute Gasteiger partial charge is 0.342 e. The number of hydrogen-bond acceptors (Lipinski definition) is 1. The first-order valence-corrected chi connectivity index (χ1v) is 9.64. The van der Waals surface area contributed by atoms with Gasteiger partial charge in [-0.05, 0) is 56.6 Å². The summed E-state index contributed by atoms with van der Waals surface area (Å²) in [5.74, 6) is 1.01. The quantitative estimate of drug-likeness (QED) is 0.448. The second-order valence-corrected chi connectivity index (χ2v) is 7.82. The zero-order valence-electron chi connectivity index (χ0n) is 15.2. The number of nitrogens with zero attached hydrogens (tertiary/aromatic N) is 1. The monoisotopic (exact) mass is 341 g/mol. The molecule has 26 heavy (non-hydrogen) atoms. The van der Waals surface area contributed by atoms with E-state index in [9.17, 15) is 4.79 Å². The van der Waals surface area contributed by atoms with E-state index in [1.165, 1.54) is 32.3 Å². The predicted molar refractivity (Wildman–Crippen MR) is 109 cm³/mol. The van der Waals surface area contributed by atoms with Crippen molar-refractivity contribution in [3.05, 3.63) is 60.2 Å². The van der Waals surface area contributed by atoms with Gasteiger partial charge in [0.05, 0.1) is 6.42 Å². The maximum atomic E-state index is 12.9. The van der Waals surface area contributed by atoms with Crippen LogP contribution in [0, 0.1) is 5.92 Å². The van der Waals surface area contributed by atoms with E-state index in [0.717, 1.165) is 37.4 Å². The third-order valence-electron chi connectivity index (χ3n) is 6.10. The molecule has 1 fully saturated rings. The standard InChI is InChI=1S/C24H23NO/c1-16-11-13-25(14-12-16)22(26)15-20-8-7-19-6-5-17-3-2-4-18-9-10-21(20)24(19)23(17)18/h2-10,16H,11-15H2,1H3. The normalized spacial score (nSPS) is 16.1. The highest BCUT2D eigenvalue weighted by atomic mass is 16.2. The SMILES string of the molecule is CC1CCN(C(=O)Cc2ccc3ccc4cccc5ccc2c3c45)CC1. The predicted octanol–water partition coefficient (Wildman–Crippen LogP) is 5.39. The highest BCUT2D eigenvalue weighted by Gasteiger charge is 2.21. The molecule has 0 bridgehead atoms. The summed E-state index contributed by atoms with van der Waals surface area (Å²) in [5, 5.41) is 7.66. The summed E-state index contributed by atoms with van der Waals surface area (Å²) >= 11 is 0. The van der Waals surface area contributed by atoms with Crippen molar-refractivity contribution in [1.29, 1.82) is 0 Å². The molecule has 1 aliphatic rings. The van der Waals surface area contributed by atoms with Crippen LogP contribution in [0.2, 0.25) is 0 Å². The Balaban J connectivity index is 1.59. The van der Waals surface area contributed by atoms with Crippen molar-refractivity contribution in [2.45, 2.75) is 26.2 Å². The first kappa shape index (κ1) is 15.6. The van der Waals surface area contributed by atoms with Gasteiger partial charge in [0.25, 0.3) is 0 Å². The van der Waals surface area contributed by atoms with Crippen molar-refractivity contribution in [3.63, 3.8) is 0 Å². The molecule has 0 N–H and O–H groups in total. The van der Waals surface area contributed by atoms with Gasteiger partial charge >= 0.3 is 0 Å². The summed E-state index contributed by atoms with van der Waals surface area (Å²) in [6.45, 7) is 4.10. The van der Waals surface area contributed by atoms with Crippen LogP contribution in [0.4, 0.5) is 0 Å². The molecule has 0 atom stereocenters. The lowest BCUT2D eigenvalue weighted by atomic mass is 9.91. The smallest absolute Gasteiger partial charge is 0.227 e. The van der Waals surface area contributed by atoms with Crippen LogP contribution in [0.3, 0.4) is 0 Å². The summed E-state index contributed by atoms with van der Waals surface area (Å²) < 4.78 is 0. The van der Waals surface area contributed by atoms with Gasteiger partial charge in [-0.15, -0.1) is 0 Å². The molecule has 0 saturated carbocycles. The summed E-state index contributed by atoms with van der Waals surface area (Å²) in [7, 11) is 0. The van der Waals surface area contributed by atoms with Gasteiger partial charge in [-0.25, -0.2) is 0 Å². The number of likely N-dealkylation sites (tertiary alicyclic amines) is 1. The van der Waals surface area contributed by atoms with E-state index in [4.69, 9.17) is 0 Å². The van der Waals surface area contributed by atoms with Crippen molar-refractivity contribution in [1.82, 2.24) is 4.90 Å². The van der Waals surface area contributed by atoms with Crippen LogP contribution in [0.15, 0.2) is 54.6 Å². The number of rotatable bonds is 2. The molecular formula is C24H23NO. The van der Waals surface area contributed by atoms with Gasteiger partial charge in [0.2, 0.25) is 5.91 Å². The molecule has 130 valence electrons. The lowest BCUT2D eigenvalue weighted by Gasteiger charge is -2.30. The molecule has 0 spiro atoms. The molecule has 1 heterocycles. The van der Waals surface area contributed by atoms with Gasteiger partial charge in [0.1, 0.15) is 0 Å². The zero-order valence-corrected chi connectivity index (χ0v) is 15.2. The molecule has 4 aromatic carbocycles. The van der Waals surface area contributed by atoms with Crippen LogP contribution in [-0.2, 0) is 11.2 Å². The average molecular weight is 341 g/mol. The topological polar surface area (TPSA) is 20.3 Å². The Bertz CT molecular complexity index is 1090.